The number of benzene rings is 2. The third-order valence-corrected chi connectivity index (χ3v) is 3.61. The molecule has 0 amide bonds. The molecular weight excluding hydrogens is 281 g/mol. The highest BCUT2D eigenvalue weighted by Crippen LogP contribution is 2.26. The summed E-state index contributed by atoms with van der Waals surface area (Å²) < 4.78 is 5.11. The highest BCUT2D eigenvalue weighted by molar-refractivity contribution is 6.42. The third kappa shape index (κ3) is 3.87. The lowest BCUT2D eigenvalue weighted by Crippen LogP contribution is -2.01. The van der Waals surface area contributed by atoms with Gasteiger partial charge < -0.3 is 10.1 Å². The number of ether oxygens (including phenoxy) is 1. The molecule has 0 radical (unpaired) electrons. The van der Waals surface area contributed by atoms with Crippen LogP contribution in [0.15, 0.2) is 42.5 Å². The van der Waals surface area contributed by atoms with Crippen LogP contribution in [0.3, 0.4) is 0 Å². The minimum absolute atomic E-state index is 0.578. The van der Waals surface area contributed by atoms with Crippen molar-refractivity contribution in [3.05, 3.63) is 63.6 Å². The Balaban J connectivity index is 2.06. The zero-order chi connectivity index (χ0) is 13.7. The zero-order valence-corrected chi connectivity index (χ0v) is 12.1. The van der Waals surface area contributed by atoms with Gasteiger partial charge in [-0.15, -0.1) is 0 Å². The Kier molecular flexibility index (Phi) is 5.08. The highest BCUT2D eigenvalue weighted by atomic mass is 35.5. The molecular formula is C15H15Cl2NO. The summed E-state index contributed by atoms with van der Waals surface area (Å²) in [6, 6.07) is 13.7. The molecule has 2 aromatic rings. The monoisotopic (exact) mass is 295 g/mol. The van der Waals surface area contributed by atoms with Crippen molar-refractivity contribution in [3.8, 4) is 0 Å². The normalized spacial score (nSPS) is 10.5. The fraction of sp³-hybridized carbons (Fsp3) is 0.200. The number of hydrogen-bond donors (Lipinski definition) is 1. The molecule has 19 heavy (non-hydrogen) atoms. The fourth-order valence-corrected chi connectivity index (χ4v) is 2.21. The average Bonchev–Trinajstić information content (AvgIpc) is 2.41. The second-order valence-corrected chi connectivity index (χ2v) is 4.99. The third-order valence-electron chi connectivity index (χ3n) is 2.75. The molecule has 0 fully saturated rings. The Bertz CT molecular complexity index is 558. The van der Waals surface area contributed by atoms with Crippen LogP contribution >= 0.6 is 23.2 Å². The van der Waals surface area contributed by atoms with E-state index in [1.54, 1.807) is 13.2 Å². The van der Waals surface area contributed by atoms with Crippen LogP contribution in [-0.2, 0) is 17.9 Å². The van der Waals surface area contributed by atoms with Gasteiger partial charge in [0.25, 0.3) is 0 Å². The second-order valence-electron chi connectivity index (χ2n) is 4.20. The Morgan fingerprint density at radius 1 is 1.11 bits per heavy atom. The molecule has 100 valence electrons. The van der Waals surface area contributed by atoms with E-state index in [1.165, 1.54) is 0 Å². The predicted octanol–water partition coefficient (Wildman–Crippen LogP) is 4.75. The topological polar surface area (TPSA) is 21.3 Å². The summed E-state index contributed by atoms with van der Waals surface area (Å²) in [5.74, 6) is 0. The van der Waals surface area contributed by atoms with E-state index < -0.39 is 0 Å². The molecule has 0 aromatic heterocycles. The maximum absolute atomic E-state index is 6.15. The maximum Gasteiger partial charge on any atom is 0.0713 e. The van der Waals surface area contributed by atoms with Gasteiger partial charge in [0.15, 0.2) is 0 Å². The van der Waals surface area contributed by atoms with Crippen LogP contribution in [-0.4, -0.2) is 7.11 Å². The molecule has 2 rings (SSSR count). The Labute approximate surface area is 123 Å². The van der Waals surface area contributed by atoms with Gasteiger partial charge in [0.2, 0.25) is 0 Å². The summed E-state index contributed by atoms with van der Waals surface area (Å²) in [5, 5.41) is 4.51. The predicted molar refractivity (Wildman–Crippen MR) is 80.9 cm³/mol. The number of hydrogen-bond acceptors (Lipinski definition) is 2. The first-order valence-corrected chi connectivity index (χ1v) is 6.71. The lowest BCUT2D eigenvalue weighted by atomic mass is 10.2. The second kappa shape index (κ2) is 6.80. The Morgan fingerprint density at radius 2 is 1.89 bits per heavy atom. The number of nitrogens with one attached hydrogen (secondary N) is 1. The first-order chi connectivity index (χ1) is 9.20. The summed E-state index contributed by atoms with van der Waals surface area (Å²) in [4.78, 5) is 0. The molecule has 0 aliphatic rings. The molecule has 0 aliphatic carbocycles. The molecule has 2 nitrogen and oxygen atoms in total. The van der Waals surface area contributed by atoms with Crippen LogP contribution in [0.5, 0.6) is 0 Å². The van der Waals surface area contributed by atoms with E-state index in [1.807, 2.05) is 30.3 Å². The van der Waals surface area contributed by atoms with Crippen molar-refractivity contribution in [2.24, 2.45) is 0 Å². The molecule has 4 heteroatoms. The standard InChI is InChI=1S/C15H15Cl2NO/c1-19-10-11-4-2-6-13(8-11)18-9-12-5-3-7-14(16)15(12)17/h2-8,18H,9-10H2,1H3. The summed E-state index contributed by atoms with van der Waals surface area (Å²) in [6.45, 7) is 1.24. The highest BCUT2D eigenvalue weighted by Gasteiger charge is 2.04. The molecule has 0 aliphatic heterocycles. The van der Waals surface area contributed by atoms with Crippen molar-refractivity contribution < 1.29 is 4.74 Å². The largest absolute Gasteiger partial charge is 0.381 e. The van der Waals surface area contributed by atoms with Gasteiger partial charge in [-0.05, 0) is 29.3 Å². The van der Waals surface area contributed by atoms with Gasteiger partial charge in [-0.25, -0.2) is 0 Å². The van der Waals surface area contributed by atoms with Crippen molar-refractivity contribution in [2.45, 2.75) is 13.2 Å². The van der Waals surface area contributed by atoms with E-state index in [4.69, 9.17) is 27.9 Å². The summed E-state index contributed by atoms with van der Waals surface area (Å²) in [7, 11) is 1.69. The molecule has 0 atom stereocenters. The van der Waals surface area contributed by atoms with Crippen molar-refractivity contribution in [1.29, 1.82) is 0 Å². The molecule has 0 bridgehead atoms. The molecule has 0 unspecified atom stereocenters. The summed E-state index contributed by atoms with van der Waals surface area (Å²) in [6.07, 6.45) is 0. The average molecular weight is 296 g/mol. The quantitative estimate of drug-likeness (QED) is 0.859. The van der Waals surface area contributed by atoms with Crippen molar-refractivity contribution in [2.75, 3.05) is 12.4 Å². The van der Waals surface area contributed by atoms with Gasteiger partial charge in [-0.1, -0.05) is 47.5 Å². The lowest BCUT2D eigenvalue weighted by molar-refractivity contribution is 0.185. The summed E-state index contributed by atoms with van der Waals surface area (Å²) >= 11 is 12.1. The van der Waals surface area contributed by atoms with Crippen LogP contribution in [0.1, 0.15) is 11.1 Å². The molecule has 1 N–H and O–H groups in total. The lowest BCUT2D eigenvalue weighted by Gasteiger charge is -2.10. The van der Waals surface area contributed by atoms with Crippen LogP contribution in [0.25, 0.3) is 0 Å². The van der Waals surface area contributed by atoms with E-state index in [0.717, 1.165) is 16.8 Å². The maximum atomic E-state index is 6.15. The van der Waals surface area contributed by atoms with Crippen LogP contribution in [0.4, 0.5) is 5.69 Å². The van der Waals surface area contributed by atoms with E-state index in [2.05, 4.69) is 11.4 Å². The number of halogens is 2. The van der Waals surface area contributed by atoms with Gasteiger partial charge in [0, 0.05) is 19.3 Å². The van der Waals surface area contributed by atoms with E-state index in [0.29, 0.717) is 23.2 Å². The molecule has 0 heterocycles. The van der Waals surface area contributed by atoms with Crippen LogP contribution < -0.4 is 5.32 Å². The fourth-order valence-electron chi connectivity index (χ4n) is 1.82. The van der Waals surface area contributed by atoms with Crippen molar-refractivity contribution in [1.82, 2.24) is 0 Å². The van der Waals surface area contributed by atoms with Gasteiger partial charge >= 0.3 is 0 Å². The van der Waals surface area contributed by atoms with Crippen LogP contribution in [0.2, 0.25) is 10.0 Å². The van der Waals surface area contributed by atoms with Crippen LogP contribution in [0, 0.1) is 0 Å². The molecule has 0 spiro atoms. The van der Waals surface area contributed by atoms with E-state index in [-0.39, 0.29) is 0 Å². The van der Waals surface area contributed by atoms with Gasteiger partial charge in [0.1, 0.15) is 0 Å². The molecule has 0 saturated heterocycles. The summed E-state index contributed by atoms with van der Waals surface area (Å²) in [5.41, 5.74) is 3.14. The molecule has 2 aromatic carbocycles. The SMILES string of the molecule is COCc1cccc(NCc2cccc(Cl)c2Cl)c1. The van der Waals surface area contributed by atoms with E-state index in [9.17, 15) is 0 Å². The van der Waals surface area contributed by atoms with Crippen molar-refractivity contribution in [3.63, 3.8) is 0 Å². The first-order valence-electron chi connectivity index (χ1n) is 5.95. The zero-order valence-electron chi connectivity index (χ0n) is 10.6. The Morgan fingerprint density at radius 3 is 2.68 bits per heavy atom. The molecule has 0 saturated carbocycles. The van der Waals surface area contributed by atoms with E-state index >= 15 is 0 Å². The van der Waals surface area contributed by atoms with Gasteiger partial charge in [0.05, 0.1) is 16.7 Å². The first kappa shape index (κ1) is 14.2. The van der Waals surface area contributed by atoms with Crippen molar-refractivity contribution >= 4 is 28.9 Å². The minimum Gasteiger partial charge on any atom is -0.381 e. The minimum atomic E-state index is 0.578. The van der Waals surface area contributed by atoms with Gasteiger partial charge in [-0.2, -0.15) is 0 Å². The number of rotatable bonds is 5. The smallest absolute Gasteiger partial charge is 0.0713 e. The van der Waals surface area contributed by atoms with Gasteiger partial charge in [-0.3, -0.25) is 0 Å². The Hall–Kier alpha value is -1.22. The number of anilines is 1. The number of methoxy groups -OCH3 is 1.